The van der Waals surface area contributed by atoms with Crippen LogP contribution in [0.5, 0.6) is 0 Å². The van der Waals surface area contributed by atoms with Gasteiger partial charge in [0.05, 0.1) is 6.54 Å². The lowest BCUT2D eigenvalue weighted by molar-refractivity contribution is 0.0531. The Labute approximate surface area is 164 Å². The van der Waals surface area contributed by atoms with Crippen LogP contribution in [-0.2, 0) is 10.2 Å². The lowest BCUT2D eigenvalue weighted by Gasteiger charge is -2.36. The van der Waals surface area contributed by atoms with Crippen LogP contribution >= 0.6 is 0 Å². The normalized spacial score (nSPS) is 21.0. The number of ether oxygens (including phenoxy) is 1. The average molecular weight is 373 g/mol. The SMILES string of the molecule is CCNC(=NCC1(c2ccccc2)CCOCC1)NCCN1CCCCC1. The van der Waals surface area contributed by atoms with Gasteiger partial charge in [-0.3, -0.25) is 4.99 Å². The maximum absolute atomic E-state index is 5.65. The van der Waals surface area contributed by atoms with Gasteiger partial charge >= 0.3 is 0 Å². The largest absolute Gasteiger partial charge is 0.381 e. The Balaban J connectivity index is 1.60. The summed E-state index contributed by atoms with van der Waals surface area (Å²) in [6, 6.07) is 10.9. The minimum absolute atomic E-state index is 0.0920. The lowest BCUT2D eigenvalue weighted by Crippen LogP contribution is -2.44. The first-order valence-electron chi connectivity index (χ1n) is 10.7. The second-order valence-electron chi connectivity index (χ2n) is 7.78. The molecule has 1 aromatic carbocycles. The van der Waals surface area contributed by atoms with Crippen LogP contribution in [0.1, 0.15) is 44.6 Å². The number of nitrogens with one attached hydrogen (secondary N) is 2. The highest BCUT2D eigenvalue weighted by atomic mass is 16.5. The molecule has 0 amide bonds. The highest BCUT2D eigenvalue weighted by Crippen LogP contribution is 2.35. The number of hydrogen-bond acceptors (Lipinski definition) is 3. The summed E-state index contributed by atoms with van der Waals surface area (Å²) in [5.41, 5.74) is 1.48. The molecule has 2 aliphatic heterocycles. The van der Waals surface area contributed by atoms with E-state index in [4.69, 9.17) is 9.73 Å². The molecular formula is C22H36N4O. The zero-order valence-corrected chi connectivity index (χ0v) is 16.9. The van der Waals surface area contributed by atoms with Gasteiger partial charge in [-0.15, -0.1) is 0 Å². The molecule has 0 aromatic heterocycles. The van der Waals surface area contributed by atoms with Crippen LogP contribution < -0.4 is 10.6 Å². The Kier molecular flexibility index (Phi) is 7.96. The number of aliphatic imine (C=N–C) groups is 1. The summed E-state index contributed by atoms with van der Waals surface area (Å²) >= 11 is 0. The quantitative estimate of drug-likeness (QED) is 0.571. The molecule has 5 nitrogen and oxygen atoms in total. The van der Waals surface area contributed by atoms with Gasteiger partial charge in [0.2, 0.25) is 0 Å². The van der Waals surface area contributed by atoms with Crippen molar-refractivity contribution in [2.24, 2.45) is 4.99 Å². The molecule has 3 rings (SSSR count). The van der Waals surface area contributed by atoms with Crippen molar-refractivity contribution >= 4 is 5.96 Å². The molecule has 0 aliphatic carbocycles. The van der Waals surface area contributed by atoms with Gasteiger partial charge in [0, 0.05) is 38.3 Å². The van der Waals surface area contributed by atoms with Crippen molar-refractivity contribution in [2.45, 2.75) is 44.4 Å². The van der Waals surface area contributed by atoms with Crippen molar-refractivity contribution in [3.8, 4) is 0 Å². The van der Waals surface area contributed by atoms with E-state index in [0.29, 0.717) is 0 Å². The number of nitrogens with zero attached hydrogens (tertiary/aromatic N) is 2. The molecule has 0 bridgehead atoms. The minimum Gasteiger partial charge on any atom is -0.381 e. The molecule has 27 heavy (non-hydrogen) atoms. The minimum atomic E-state index is 0.0920. The zero-order chi connectivity index (χ0) is 18.8. The number of hydrogen-bond donors (Lipinski definition) is 2. The molecule has 0 saturated carbocycles. The smallest absolute Gasteiger partial charge is 0.191 e. The molecule has 1 aromatic rings. The first kappa shape index (κ1) is 20.2. The van der Waals surface area contributed by atoms with Crippen LogP contribution in [0.3, 0.4) is 0 Å². The van der Waals surface area contributed by atoms with Gasteiger partial charge < -0.3 is 20.3 Å². The van der Waals surface area contributed by atoms with Crippen molar-refractivity contribution in [3.05, 3.63) is 35.9 Å². The van der Waals surface area contributed by atoms with Crippen molar-refractivity contribution in [1.82, 2.24) is 15.5 Å². The highest BCUT2D eigenvalue weighted by molar-refractivity contribution is 5.79. The van der Waals surface area contributed by atoms with Crippen LogP contribution in [0.25, 0.3) is 0 Å². The van der Waals surface area contributed by atoms with Gasteiger partial charge in [0.1, 0.15) is 0 Å². The van der Waals surface area contributed by atoms with Gasteiger partial charge in [-0.2, -0.15) is 0 Å². The summed E-state index contributed by atoms with van der Waals surface area (Å²) in [5, 5.41) is 6.96. The van der Waals surface area contributed by atoms with Crippen molar-refractivity contribution in [2.75, 3.05) is 52.5 Å². The molecule has 0 spiro atoms. The molecular weight excluding hydrogens is 336 g/mol. The van der Waals surface area contributed by atoms with Crippen molar-refractivity contribution in [1.29, 1.82) is 0 Å². The van der Waals surface area contributed by atoms with Crippen LogP contribution in [-0.4, -0.2) is 63.3 Å². The number of rotatable bonds is 7. The maximum atomic E-state index is 5.65. The fourth-order valence-electron chi connectivity index (χ4n) is 4.18. The predicted octanol–water partition coefficient (Wildman–Crippen LogP) is 2.78. The first-order chi connectivity index (χ1) is 13.3. The highest BCUT2D eigenvalue weighted by Gasteiger charge is 2.34. The Morgan fingerprint density at radius 1 is 1.07 bits per heavy atom. The third-order valence-corrected chi connectivity index (χ3v) is 5.89. The number of guanidine groups is 1. The summed E-state index contributed by atoms with van der Waals surface area (Å²) in [7, 11) is 0. The van der Waals surface area contributed by atoms with Crippen molar-refractivity contribution < 1.29 is 4.74 Å². The molecule has 0 unspecified atom stereocenters. The van der Waals surface area contributed by atoms with Gasteiger partial charge in [-0.25, -0.2) is 0 Å². The Morgan fingerprint density at radius 2 is 1.81 bits per heavy atom. The molecule has 2 saturated heterocycles. The standard InChI is InChI=1S/C22H36N4O/c1-2-23-21(24-13-16-26-14-7-4-8-15-26)25-19-22(11-17-27-18-12-22)20-9-5-3-6-10-20/h3,5-6,9-10H,2,4,7-8,11-19H2,1H3,(H2,23,24,25). The first-order valence-corrected chi connectivity index (χ1v) is 10.7. The van der Waals surface area contributed by atoms with E-state index in [2.05, 4.69) is 52.8 Å². The van der Waals surface area contributed by atoms with Crippen LogP contribution in [0, 0.1) is 0 Å². The Bertz CT molecular complexity index is 563. The van der Waals surface area contributed by atoms with Crippen LogP contribution in [0.15, 0.2) is 35.3 Å². The topological polar surface area (TPSA) is 48.9 Å². The number of likely N-dealkylation sites (tertiary alicyclic amines) is 1. The second kappa shape index (κ2) is 10.7. The van der Waals surface area contributed by atoms with E-state index in [0.717, 1.165) is 58.2 Å². The van der Waals surface area contributed by atoms with Crippen LogP contribution in [0.2, 0.25) is 0 Å². The molecule has 2 heterocycles. The fourth-order valence-corrected chi connectivity index (χ4v) is 4.18. The third kappa shape index (κ3) is 5.94. The Hall–Kier alpha value is -1.59. The summed E-state index contributed by atoms with van der Waals surface area (Å²) in [4.78, 5) is 7.55. The monoisotopic (exact) mass is 372 g/mol. The molecule has 2 fully saturated rings. The van der Waals surface area contributed by atoms with E-state index < -0.39 is 0 Å². The number of benzene rings is 1. The van der Waals surface area contributed by atoms with E-state index in [-0.39, 0.29) is 5.41 Å². The number of piperidine rings is 1. The van der Waals surface area contributed by atoms with E-state index in [1.165, 1.54) is 37.9 Å². The molecule has 150 valence electrons. The summed E-state index contributed by atoms with van der Waals surface area (Å²) in [6.07, 6.45) is 6.15. The summed E-state index contributed by atoms with van der Waals surface area (Å²) in [6.45, 7) is 10.0. The molecule has 5 heteroatoms. The fraction of sp³-hybridized carbons (Fsp3) is 0.682. The maximum Gasteiger partial charge on any atom is 0.191 e. The molecule has 2 N–H and O–H groups in total. The second-order valence-corrected chi connectivity index (χ2v) is 7.78. The van der Waals surface area contributed by atoms with Crippen molar-refractivity contribution in [3.63, 3.8) is 0 Å². The van der Waals surface area contributed by atoms with E-state index in [1.54, 1.807) is 0 Å². The third-order valence-electron chi connectivity index (χ3n) is 5.89. The zero-order valence-electron chi connectivity index (χ0n) is 16.9. The van der Waals surface area contributed by atoms with E-state index >= 15 is 0 Å². The van der Waals surface area contributed by atoms with Gasteiger partial charge in [-0.1, -0.05) is 36.8 Å². The van der Waals surface area contributed by atoms with E-state index in [1.807, 2.05) is 0 Å². The van der Waals surface area contributed by atoms with Gasteiger partial charge in [-0.05, 0) is 51.3 Å². The lowest BCUT2D eigenvalue weighted by atomic mass is 9.74. The summed E-state index contributed by atoms with van der Waals surface area (Å²) in [5.74, 6) is 0.941. The molecule has 2 aliphatic rings. The molecule has 0 radical (unpaired) electrons. The predicted molar refractivity (Wildman–Crippen MR) is 112 cm³/mol. The van der Waals surface area contributed by atoms with Crippen LogP contribution in [0.4, 0.5) is 0 Å². The average Bonchev–Trinajstić information content (AvgIpc) is 2.74. The van der Waals surface area contributed by atoms with Gasteiger partial charge in [0.25, 0.3) is 0 Å². The molecule has 0 atom stereocenters. The van der Waals surface area contributed by atoms with Gasteiger partial charge in [0.15, 0.2) is 5.96 Å². The summed E-state index contributed by atoms with van der Waals surface area (Å²) < 4.78 is 5.65. The van der Waals surface area contributed by atoms with E-state index in [9.17, 15) is 0 Å². The Morgan fingerprint density at radius 3 is 2.52 bits per heavy atom.